The molecular formula is C23H29N3O3. The van der Waals surface area contributed by atoms with Crippen LogP contribution in [0.25, 0.3) is 11.3 Å². The van der Waals surface area contributed by atoms with Gasteiger partial charge in [-0.2, -0.15) is 0 Å². The van der Waals surface area contributed by atoms with Crippen LogP contribution in [0.15, 0.2) is 34.9 Å². The molecule has 1 aromatic carbocycles. The zero-order valence-corrected chi connectivity index (χ0v) is 17.2. The third kappa shape index (κ3) is 4.21. The number of aryl methyl sites for hydroxylation is 1. The van der Waals surface area contributed by atoms with Crippen molar-refractivity contribution >= 4 is 11.8 Å². The Kier molecular flexibility index (Phi) is 5.43. The van der Waals surface area contributed by atoms with Gasteiger partial charge >= 0.3 is 0 Å². The number of hydrogen-bond donors (Lipinski definition) is 1. The van der Waals surface area contributed by atoms with Crippen molar-refractivity contribution in [2.45, 2.75) is 46.0 Å². The monoisotopic (exact) mass is 395 g/mol. The summed E-state index contributed by atoms with van der Waals surface area (Å²) < 4.78 is 5.63. The first kappa shape index (κ1) is 19.7. The van der Waals surface area contributed by atoms with Gasteiger partial charge in [0.05, 0.1) is 5.41 Å². The fraction of sp³-hybridized carbons (Fsp3) is 0.522. The molecule has 1 atom stereocenters. The van der Waals surface area contributed by atoms with E-state index in [9.17, 15) is 9.59 Å². The molecule has 1 N–H and O–H groups in total. The third-order valence-corrected chi connectivity index (χ3v) is 6.05. The van der Waals surface area contributed by atoms with Crippen molar-refractivity contribution in [3.8, 4) is 11.3 Å². The molecule has 6 heteroatoms. The summed E-state index contributed by atoms with van der Waals surface area (Å²) in [5, 5.41) is 7.21. The second kappa shape index (κ2) is 8.01. The minimum Gasteiger partial charge on any atom is -0.361 e. The lowest BCUT2D eigenvalue weighted by atomic mass is 9.75. The maximum absolute atomic E-state index is 13.1. The maximum Gasteiger partial charge on any atom is 0.228 e. The quantitative estimate of drug-likeness (QED) is 0.814. The van der Waals surface area contributed by atoms with Crippen molar-refractivity contribution < 1.29 is 14.1 Å². The van der Waals surface area contributed by atoms with Crippen molar-refractivity contribution in [2.75, 3.05) is 19.6 Å². The Bertz CT molecular complexity index is 885. The van der Waals surface area contributed by atoms with Gasteiger partial charge in [0.15, 0.2) is 0 Å². The van der Waals surface area contributed by atoms with Gasteiger partial charge in [-0.15, -0.1) is 0 Å². The Labute approximate surface area is 171 Å². The lowest BCUT2D eigenvalue weighted by Gasteiger charge is -2.41. The molecule has 0 bridgehead atoms. The summed E-state index contributed by atoms with van der Waals surface area (Å²) in [6.45, 7) is 5.73. The number of piperidine rings is 1. The Morgan fingerprint density at radius 2 is 2.03 bits per heavy atom. The number of aromatic nitrogens is 1. The molecule has 0 unspecified atom stereocenters. The zero-order valence-electron chi connectivity index (χ0n) is 17.2. The predicted octanol–water partition coefficient (Wildman–Crippen LogP) is 3.35. The molecule has 1 aliphatic heterocycles. The first-order valence-corrected chi connectivity index (χ1v) is 10.6. The van der Waals surface area contributed by atoms with Crippen molar-refractivity contribution in [3.63, 3.8) is 0 Å². The first-order valence-electron chi connectivity index (χ1n) is 10.6. The Hall–Kier alpha value is -2.63. The maximum atomic E-state index is 13.1. The third-order valence-electron chi connectivity index (χ3n) is 6.05. The van der Waals surface area contributed by atoms with Gasteiger partial charge in [0.1, 0.15) is 11.5 Å². The molecule has 1 saturated heterocycles. The Morgan fingerprint density at radius 1 is 1.28 bits per heavy atom. The highest BCUT2D eigenvalue weighted by atomic mass is 16.5. The van der Waals surface area contributed by atoms with Crippen LogP contribution in [0.5, 0.6) is 0 Å². The van der Waals surface area contributed by atoms with Crippen molar-refractivity contribution in [2.24, 2.45) is 11.3 Å². The van der Waals surface area contributed by atoms with Crippen LogP contribution in [0, 0.1) is 18.3 Å². The smallest absolute Gasteiger partial charge is 0.228 e. The van der Waals surface area contributed by atoms with E-state index in [2.05, 4.69) is 10.5 Å². The highest BCUT2D eigenvalue weighted by molar-refractivity contribution is 5.86. The average molecular weight is 396 g/mol. The van der Waals surface area contributed by atoms with Crippen LogP contribution < -0.4 is 5.32 Å². The first-order chi connectivity index (χ1) is 14.0. The van der Waals surface area contributed by atoms with E-state index in [0.717, 1.165) is 43.5 Å². The molecule has 29 heavy (non-hydrogen) atoms. The molecule has 4 rings (SSSR count). The van der Waals surface area contributed by atoms with E-state index < -0.39 is 5.41 Å². The number of likely N-dealkylation sites (tertiary alicyclic amines) is 1. The van der Waals surface area contributed by atoms with E-state index in [1.807, 2.05) is 49.1 Å². The highest BCUT2D eigenvalue weighted by Gasteiger charge is 2.46. The van der Waals surface area contributed by atoms with E-state index in [-0.39, 0.29) is 17.7 Å². The van der Waals surface area contributed by atoms with Crippen molar-refractivity contribution in [1.82, 2.24) is 15.4 Å². The minimum atomic E-state index is -0.664. The molecule has 2 aromatic rings. The standard InChI is InChI=1S/C23H29N3O3/c1-3-24-22(28)23(11-4-12-26(15-23)21(27)18-9-10-18)14-19-13-20(25-29-19)17-7-5-16(2)6-8-17/h5-8,13,18H,3-4,9-12,14-15H2,1-2H3,(H,24,28)/t23-/m1/s1. The van der Waals surface area contributed by atoms with E-state index >= 15 is 0 Å². The van der Waals surface area contributed by atoms with E-state index in [1.54, 1.807) is 0 Å². The van der Waals surface area contributed by atoms with Gasteiger partial charge in [0, 0.05) is 43.6 Å². The van der Waals surface area contributed by atoms with E-state index in [4.69, 9.17) is 4.52 Å². The molecule has 6 nitrogen and oxygen atoms in total. The number of nitrogens with one attached hydrogen (secondary N) is 1. The Morgan fingerprint density at radius 3 is 2.72 bits per heavy atom. The van der Waals surface area contributed by atoms with Gasteiger partial charge in [-0.1, -0.05) is 35.0 Å². The molecule has 0 spiro atoms. The molecule has 1 saturated carbocycles. The second-order valence-electron chi connectivity index (χ2n) is 8.50. The number of hydrogen-bond acceptors (Lipinski definition) is 4. The van der Waals surface area contributed by atoms with Gasteiger partial charge < -0.3 is 14.7 Å². The summed E-state index contributed by atoms with van der Waals surface area (Å²) in [6.07, 6.45) is 3.98. The molecule has 2 heterocycles. The van der Waals surface area contributed by atoms with Crippen LogP contribution in [0.1, 0.15) is 43.9 Å². The van der Waals surface area contributed by atoms with Crippen LogP contribution in [0.4, 0.5) is 0 Å². The summed E-state index contributed by atoms with van der Waals surface area (Å²) in [4.78, 5) is 27.6. The normalized spacial score (nSPS) is 21.8. The van der Waals surface area contributed by atoms with Crippen LogP contribution in [0.2, 0.25) is 0 Å². The summed E-state index contributed by atoms with van der Waals surface area (Å²) in [7, 11) is 0. The van der Waals surface area contributed by atoms with Crippen molar-refractivity contribution in [3.05, 3.63) is 41.7 Å². The lowest BCUT2D eigenvalue weighted by Crippen LogP contribution is -2.54. The molecule has 2 amide bonds. The minimum absolute atomic E-state index is 0.00147. The van der Waals surface area contributed by atoms with Gasteiger partial charge in [-0.3, -0.25) is 9.59 Å². The summed E-state index contributed by atoms with van der Waals surface area (Å²) in [5.41, 5.74) is 2.29. The zero-order chi connectivity index (χ0) is 20.4. The molecule has 2 aliphatic rings. The van der Waals surface area contributed by atoms with E-state index in [0.29, 0.717) is 25.3 Å². The predicted molar refractivity (Wildman–Crippen MR) is 110 cm³/mol. The molecule has 1 aromatic heterocycles. The van der Waals surface area contributed by atoms with E-state index in [1.165, 1.54) is 5.56 Å². The summed E-state index contributed by atoms with van der Waals surface area (Å²) in [6, 6.07) is 10.1. The van der Waals surface area contributed by atoms with Crippen LogP contribution in [-0.2, 0) is 16.0 Å². The summed E-state index contributed by atoms with van der Waals surface area (Å²) in [5.74, 6) is 1.06. The SMILES string of the molecule is CCNC(=O)[C@@]1(Cc2cc(-c3ccc(C)cc3)no2)CCCN(C(=O)C2CC2)C1. The number of carbonyl (C=O) groups is 2. The molecule has 154 valence electrons. The molecule has 1 aliphatic carbocycles. The van der Waals surface area contributed by atoms with Crippen molar-refractivity contribution in [1.29, 1.82) is 0 Å². The fourth-order valence-electron chi connectivity index (χ4n) is 4.26. The van der Waals surface area contributed by atoms with Gasteiger partial charge in [0.25, 0.3) is 0 Å². The van der Waals surface area contributed by atoms with Gasteiger partial charge in [-0.05, 0) is 39.5 Å². The fourth-order valence-corrected chi connectivity index (χ4v) is 4.26. The topological polar surface area (TPSA) is 75.4 Å². The largest absolute Gasteiger partial charge is 0.361 e. The lowest BCUT2D eigenvalue weighted by molar-refractivity contribution is -0.142. The van der Waals surface area contributed by atoms with Crippen LogP contribution in [0.3, 0.4) is 0 Å². The van der Waals surface area contributed by atoms with Crippen LogP contribution >= 0.6 is 0 Å². The van der Waals surface area contributed by atoms with Crippen LogP contribution in [-0.4, -0.2) is 41.5 Å². The Balaban J connectivity index is 1.56. The summed E-state index contributed by atoms with van der Waals surface area (Å²) >= 11 is 0. The average Bonchev–Trinajstić information content (AvgIpc) is 3.48. The number of amides is 2. The molecule has 0 radical (unpaired) electrons. The molecular weight excluding hydrogens is 366 g/mol. The number of rotatable bonds is 6. The van der Waals surface area contributed by atoms with Gasteiger partial charge in [-0.25, -0.2) is 0 Å². The highest BCUT2D eigenvalue weighted by Crippen LogP contribution is 2.38. The molecule has 2 fully saturated rings. The number of benzene rings is 1. The van der Waals surface area contributed by atoms with Gasteiger partial charge in [0.2, 0.25) is 11.8 Å². The second-order valence-corrected chi connectivity index (χ2v) is 8.50. The number of carbonyl (C=O) groups excluding carboxylic acids is 2. The number of nitrogens with zero attached hydrogens (tertiary/aromatic N) is 2.